The van der Waals surface area contributed by atoms with Crippen LogP contribution < -0.4 is 5.43 Å². The van der Waals surface area contributed by atoms with Crippen molar-refractivity contribution >= 4 is 23.2 Å². The molecule has 0 aliphatic carbocycles. The quantitative estimate of drug-likeness (QED) is 0.583. The predicted octanol–water partition coefficient (Wildman–Crippen LogP) is 3.21. The highest BCUT2D eigenvalue weighted by atomic mass is 19.4. The summed E-state index contributed by atoms with van der Waals surface area (Å²) < 4.78 is 39.1. The zero-order chi connectivity index (χ0) is 17.9. The van der Waals surface area contributed by atoms with Gasteiger partial charge in [-0.2, -0.15) is 18.3 Å². The Bertz CT molecular complexity index is 914. The number of carbonyl (C=O) groups excluding carboxylic acids is 1. The average Bonchev–Trinajstić information content (AvgIpc) is 2.98. The van der Waals surface area contributed by atoms with Gasteiger partial charge < -0.3 is 4.57 Å². The molecule has 3 aromatic rings. The number of fused-ring (bicyclic) bond motifs is 1. The Balaban J connectivity index is 1.59. The highest BCUT2D eigenvalue weighted by Gasteiger charge is 2.29. The fourth-order valence-corrected chi connectivity index (χ4v) is 2.26. The van der Waals surface area contributed by atoms with Crippen LogP contribution in [-0.2, 0) is 17.5 Å². The summed E-state index contributed by atoms with van der Waals surface area (Å²) >= 11 is 0. The van der Waals surface area contributed by atoms with Gasteiger partial charge in [0.05, 0.1) is 29.1 Å². The number of para-hydroxylation sites is 2. The third-order valence-corrected chi connectivity index (χ3v) is 3.48. The molecule has 0 spiro atoms. The maximum Gasteiger partial charge on any atom is 0.416 e. The molecule has 0 saturated carbocycles. The van der Waals surface area contributed by atoms with Crippen molar-refractivity contribution in [3.63, 3.8) is 0 Å². The van der Waals surface area contributed by atoms with Crippen LogP contribution in [0.2, 0.25) is 0 Å². The van der Waals surface area contributed by atoms with E-state index < -0.39 is 11.7 Å². The molecule has 3 rings (SSSR count). The molecule has 0 bridgehead atoms. The topological polar surface area (TPSA) is 59.3 Å². The molecule has 0 unspecified atom stereocenters. The minimum atomic E-state index is -4.38. The van der Waals surface area contributed by atoms with Crippen LogP contribution in [0.3, 0.4) is 0 Å². The number of carbonyl (C=O) groups is 1. The van der Waals surface area contributed by atoms with E-state index in [4.69, 9.17) is 0 Å². The van der Waals surface area contributed by atoms with Crippen LogP contribution in [-0.4, -0.2) is 21.7 Å². The number of alkyl halides is 3. The van der Waals surface area contributed by atoms with Crippen LogP contribution in [0.4, 0.5) is 13.2 Å². The lowest BCUT2D eigenvalue weighted by molar-refractivity contribution is -0.137. The monoisotopic (exact) mass is 346 g/mol. The summed E-state index contributed by atoms with van der Waals surface area (Å²) in [5.74, 6) is -0.369. The van der Waals surface area contributed by atoms with Crippen molar-refractivity contribution in [3.05, 3.63) is 66.0 Å². The molecule has 0 fully saturated rings. The molecule has 0 aliphatic rings. The van der Waals surface area contributed by atoms with Crippen molar-refractivity contribution in [2.45, 2.75) is 12.7 Å². The summed E-state index contributed by atoms with van der Waals surface area (Å²) in [5, 5.41) is 3.75. The zero-order valence-electron chi connectivity index (χ0n) is 12.9. The van der Waals surface area contributed by atoms with Gasteiger partial charge in [0, 0.05) is 0 Å². The number of rotatable bonds is 4. The van der Waals surface area contributed by atoms with Crippen LogP contribution in [0.15, 0.2) is 60.0 Å². The number of imidazole rings is 1. The van der Waals surface area contributed by atoms with Crippen LogP contribution in [0.25, 0.3) is 11.0 Å². The Morgan fingerprint density at radius 3 is 2.60 bits per heavy atom. The smallest absolute Gasteiger partial charge is 0.321 e. The fraction of sp³-hybridized carbons (Fsp3) is 0.118. The van der Waals surface area contributed by atoms with Gasteiger partial charge in [-0.25, -0.2) is 10.4 Å². The van der Waals surface area contributed by atoms with E-state index >= 15 is 0 Å². The lowest BCUT2D eigenvalue weighted by Crippen LogP contribution is -2.22. The molecule has 25 heavy (non-hydrogen) atoms. The van der Waals surface area contributed by atoms with Crippen molar-refractivity contribution in [2.75, 3.05) is 0 Å². The van der Waals surface area contributed by atoms with Gasteiger partial charge >= 0.3 is 6.18 Å². The van der Waals surface area contributed by atoms with Gasteiger partial charge in [0.25, 0.3) is 5.91 Å². The van der Waals surface area contributed by atoms with Crippen molar-refractivity contribution in [1.29, 1.82) is 0 Å². The third kappa shape index (κ3) is 4.03. The van der Waals surface area contributed by atoms with E-state index in [1.807, 2.05) is 24.3 Å². The highest BCUT2D eigenvalue weighted by Crippen LogP contribution is 2.28. The van der Waals surface area contributed by atoms with Gasteiger partial charge in [-0.15, -0.1) is 0 Å². The molecule has 1 amide bonds. The molecule has 1 aromatic heterocycles. The molecule has 0 radical (unpaired) electrons. The minimum Gasteiger partial charge on any atom is -0.321 e. The van der Waals surface area contributed by atoms with E-state index in [0.29, 0.717) is 5.56 Å². The van der Waals surface area contributed by atoms with Crippen molar-refractivity contribution in [2.24, 2.45) is 5.10 Å². The summed E-state index contributed by atoms with van der Waals surface area (Å²) in [5.41, 5.74) is 3.65. The van der Waals surface area contributed by atoms with Gasteiger partial charge in [-0.05, 0) is 29.8 Å². The summed E-state index contributed by atoms with van der Waals surface area (Å²) in [4.78, 5) is 16.1. The number of amides is 1. The van der Waals surface area contributed by atoms with Crippen molar-refractivity contribution in [3.8, 4) is 0 Å². The van der Waals surface area contributed by atoms with Crippen LogP contribution in [0, 0.1) is 0 Å². The Labute approximate surface area is 140 Å². The SMILES string of the molecule is O=C(Cn1cnc2ccccc21)N/N=C\c1ccc(C(F)(F)F)cc1. The molecule has 0 atom stereocenters. The van der Waals surface area contributed by atoms with Crippen LogP contribution >= 0.6 is 0 Å². The Morgan fingerprint density at radius 1 is 1.16 bits per heavy atom. The minimum absolute atomic E-state index is 0.0326. The number of benzene rings is 2. The lowest BCUT2D eigenvalue weighted by Gasteiger charge is -2.06. The second kappa shape index (κ2) is 6.76. The first-order valence-corrected chi connectivity index (χ1v) is 7.32. The number of hydrogen-bond acceptors (Lipinski definition) is 3. The van der Waals surface area contributed by atoms with E-state index in [1.165, 1.54) is 18.3 Å². The molecule has 128 valence electrons. The molecule has 8 heteroatoms. The Morgan fingerprint density at radius 2 is 1.88 bits per heavy atom. The number of nitrogens with zero attached hydrogens (tertiary/aromatic N) is 3. The van der Waals surface area contributed by atoms with E-state index in [-0.39, 0.29) is 12.5 Å². The lowest BCUT2D eigenvalue weighted by atomic mass is 10.1. The number of halogens is 3. The average molecular weight is 346 g/mol. The van der Waals surface area contributed by atoms with Gasteiger partial charge in [-0.3, -0.25) is 4.79 Å². The highest BCUT2D eigenvalue weighted by molar-refractivity contribution is 5.83. The van der Waals surface area contributed by atoms with E-state index in [2.05, 4.69) is 15.5 Å². The van der Waals surface area contributed by atoms with Gasteiger partial charge in [0.2, 0.25) is 0 Å². The molecule has 1 N–H and O–H groups in total. The number of nitrogens with one attached hydrogen (secondary N) is 1. The number of aromatic nitrogens is 2. The largest absolute Gasteiger partial charge is 0.416 e. The Hall–Kier alpha value is -3.16. The van der Waals surface area contributed by atoms with Gasteiger partial charge in [0.1, 0.15) is 6.54 Å². The van der Waals surface area contributed by atoms with Crippen LogP contribution in [0.5, 0.6) is 0 Å². The molecule has 2 aromatic carbocycles. The van der Waals surface area contributed by atoms with E-state index in [9.17, 15) is 18.0 Å². The maximum absolute atomic E-state index is 12.5. The normalized spacial score (nSPS) is 12.0. The molecule has 1 heterocycles. The third-order valence-electron chi connectivity index (χ3n) is 3.48. The standard InChI is InChI=1S/C17H13F3N4O/c18-17(19,20)13-7-5-12(6-8-13)9-22-23-16(25)10-24-11-21-14-3-1-2-4-15(14)24/h1-9,11H,10H2,(H,23,25)/b22-9-. The van der Waals surface area contributed by atoms with Crippen LogP contribution in [0.1, 0.15) is 11.1 Å². The zero-order valence-corrected chi connectivity index (χ0v) is 12.9. The van der Waals surface area contributed by atoms with E-state index in [1.54, 1.807) is 10.9 Å². The second-order valence-electron chi connectivity index (χ2n) is 5.27. The Kier molecular flexibility index (Phi) is 4.51. The summed E-state index contributed by atoms with van der Waals surface area (Å²) in [6, 6.07) is 11.9. The molecule has 0 aliphatic heterocycles. The number of hydrogen-bond donors (Lipinski definition) is 1. The molecular weight excluding hydrogens is 333 g/mol. The fourth-order valence-electron chi connectivity index (χ4n) is 2.26. The predicted molar refractivity (Wildman–Crippen MR) is 86.9 cm³/mol. The molecular formula is C17H13F3N4O. The van der Waals surface area contributed by atoms with Crippen molar-refractivity contribution in [1.82, 2.24) is 15.0 Å². The summed E-state index contributed by atoms with van der Waals surface area (Å²) in [7, 11) is 0. The first-order chi connectivity index (χ1) is 11.9. The first-order valence-electron chi connectivity index (χ1n) is 7.32. The van der Waals surface area contributed by atoms with E-state index in [0.717, 1.165) is 23.2 Å². The first kappa shape index (κ1) is 16.7. The van der Waals surface area contributed by atoms with Gasteiger partial charge in [-0.1, -0.05) is 24.3 Å². The second-order valence-corrected chi connectivity index (χ2v) is 5.27. The molecule has 0 saturated heterocycles. The summed E-state index contributed by atoms with van der Waals surface area (Å²) in [6.45, 7) is 0.0326. The summed E-state index contributed by atoms with van der Waals surface area (Å²) in [6.07, 6.45) is -1.54. The molecule has 5 nitrogen and oxygen atoms in total. The van der Waals surface area contributed by atoms with Crippen molar-refractivity contribution < 1.29 is 18.0 Å². The van der Waals surface area contributed by atoms with Gasteiger partial charge in [0.15, 0.2) is 0 Å². The number of hydrazone groups is 1. The maximum atomic E-state index is 12.5.